The summed E-state index contributed by atoms with van der Waals surface area (Å²) in [5.41, 5.74) is -0.101. The van der Waals surface area contributed by atoms with E-state index in [0.29, 0.717) is 5.96 Å². The van der Waals surface area contributed by atoms with Gasteiger partial charge in [-0.3, -0.25) is 4.79 Å². The van der Waals surface area contributed by atoms with Gasteiger partial charge in [0.05, 0.1) is 0 Å². The Labute approximate surface area is 154 Å². The molecule has 0 radical (unpaired) electrons. The number of halogens is 1. The first-order valence-electron chi connectivity index (χ1n) is 7.07. The summed E-state index contributed by atoms with van der Waals surface area (Å²) in [5.74, 6) is 0.664. The molecule has 0 aliphatic heterocycles. The third kappa shape index (κ3) is 9.24. The lowest BCUT2D eigenvalue weighted by atomic mass is 10.1. The van der Waals surface area contributed by atoms with Crippen LogP contribution in [0.2, 0.25) is 0 Å². The number of hydrogen-bond acceptors (Lipinski definition) is 3. The minimum absolute atomic E-state index is 0. The van der Waals surface area contributed by atoms with Gasteiger partial charge < -0.3 is 15.5 Å². The molecule has 5 nitrogen and oxygen atoms in total. The summed E-state index contributed by atoms with van der Waals surface area (Å²) >= 11 is 1.75. The van der Waals surface area contributed by atoms with Gasteiger partial charge in [0.15, 0.2) is 5.96 Å². The first-order chi connectivity index (χ1) is 9.78. The number of amides is 1. The van der Waals surface area contributed by atoms with E-state index in [-0.39, 0.29) is 42.0 Å². The Kier molecular flexibility index (Phi) is 9.66. The third-order valence-electron chi connectivity index (χ3n) is 2.61. The number of carbonyl (C=O) groups excluding carboxylic acids is 1. The van der Waals surface area contributed by atoms with Gasteiger partial charge in [-0.2, -0.15) is 0 Å². The highest BCUT2D eigenvalue weighted by Gasteiger charge is 2.13. The maximum absolute atomic E-state index is 11.6. The standard InChI is InChI=1S/C15H26N4OS.HI/c1-15(2,3)18-14(17-11-13(20)19(4)5)16-9-8-12-7-6-10-21-12;/h6-7,10H,8-9,11H2,1-5H3,(H2,16,17,18);1H. The number of aliphatic imine (C=N–C) groups is 1. The number of nitrogens with one attached hydrogen (secondary N) is 2. The monoisotopic (exact) mass is 438 g/mol. The molecule has 0 fully saturated rings. The predicted octanol–water partition coefficient (Wildman–Crippen LogP) is 2.33. The van der Waals surface area contributed by atoms with Crippen LogP contribution in [-0.2, 0) is 11.2 Å². The quantitative estimate of drug-likeness (QED) is 0.422. The Bertz CT molecular complexity index is 466. The number of carbonyl (C=O) groups is 1. The molecule has 0 bridgehead atoms. The highest BCUT2D eigenvalue weighted by atomic mass is 127. The smallest absolute Gasteiger partial charge is 0.243 e. The maximum atomic E-state index is 11.6. The molecule has 0 atom stereocenters. The highest BCUT2D eigenvalue weighted by molar-refractivity contribution is 14.0. The SMILES string of the molecule is CN(C)C(=O)CN=C(NCCc1cccs1)NC(C)(C)C.I. The first kappa shape index (κ1) is 21.2. The molecule has 0 spiro atoms. The van der Waals surface area contributed by atoms with Crippen molar-refractivity contribution in [3.63, 3.8) is 0 Å². The van der Waals surface area contributed by atoms with Crippen LogP contribution in [0.3, 0.4) is 0 Å². The highest BCUT2D eigenvalue weighted by Crippen LogP contribution is 2.08. The van der Waals surface area contributed by atoms with E-state index in [0.717, 1.165) is 13.0 Å². The first-order valence-corrected chi connectivity index (χ1v) is 7.95. The van der Waals surface area contributed by atoms with Crippen molar-refractivity contribution in [2.45, 2.75) is 32.7 Å². The van der Waals surface area contributed by atoms with E-state index in [1.165, 1.54) is 4.88 Å². The van der Waals surface area contributed by atoms with Gasteiger partial charge in [0, 0.05) is 31.1 Å². The zero-order valence-electron chi connectivity index (χ0n) is 14.0. The van der Waals surface area contributed by atoms with Gasteiger partial charge in [-0.1, -0.05) is 6.07 Å². The van der Waals surface area contributed by atoms with Gasteiger partial charge in [0.1, 0.15) is 6.54 Å². The third-order valence-corrected chi connectivity index (χ3v) is 3.54. The second-order valence-electron chi connectivity index (χ2n) is 6.08. The summed E-state index contributed by atoms with van der Waals surface area (Å²) in [6.07, 6.45) is 0.949. The second kappa shape index (κ2) is 10.0. The number of hydrogen-bond donors (Lipinski definition) is 2. The van der Waals surface area contributed by atoms with Gasteiger partial charge in [-0.25, -0.2) is 4.99 Å². The van der Waals surface area contributed by atoms with Crippen LogP contribution in [-0.4, -0.2) is 49.5 Å². The summed E-state index contributed by atoms with van der Waals surface area (Å²) in [4.78, 5) is 18.9. The zero-order chi connectivity index (χ0) is 15.9. The van der Waals surface area contributed by atoms with E-state index in [1.54, 1.807) is 30.3 Å². The second-order valence-corrected chi connectivity index (χ2v) is 7.12. The Balaban J connectivity index is 0.00000441. The average Bonchev–Trinajstić information content (AvgIpc) is 2.86. The molecular weight excluding hydrogens is 411 g/mol. The van der Waals surface area contributed by atoms with Crippen molar-refractivity contribution in [2.75, 3.05) is 27.2 Å². The molecule has 0 aromatic carbocycles. The molecular formula is C15H27IN4OS. The fraction of sp³-hybridized carbons (Fsp3) is 0.600. The lowest BCUT2D eigenvalue weighted by Crippen LogP contribution is -2.48. The van der Waals surface area contributed by atoms with Crippen molar-refractivity contribution in [2.24, 2.45) is 4.99 Å². The number of nitrogens with zero attached hydrogens (tertiary/aromatic N) is 2. The Morgan fingerprint density at radius 2 is 2.05 bits per heavy atom. The fourth-order valence-electron chi connectivity index (χ4n) is 1.54. The molecule has 1 amide bonds. The van der Waals surface area contributed by atoms with E-state index >= 15 is 0 Å². The minimum atomic E-state index is -0.101. The van der Waals surface area contributed by atoms with Crippen molar-refractivity contribution < 1.29 is 4.79 Å². The number of thiophene rings is 1. The van der Waals surface area contributed by atoms with Crippen LogP contribution in [0.25, 0.3) is 0 Å². The van der Waals surface area contributed by atoms with Crippen molar-refractivity contribution in [1.29, 1.82) is 0 Å². The Morgan fingerprint density at radius 1 is 1.36 bits per heavy atom. The topological polar surface area (TPSA) is 56.7 Å². The number of guanidine groups is 1. The molecule has 0 unspecified atom stereocenters. The average molecular weight is 438 g/mol. The molecule has 0 saturated heterocycles. The van der Waals surface area contributed by atoms with Gasteiger partial charge in [0.25, 0.3) is 0 Å². The molecule has 1 heterocycles. The summed E-state index contributed by atoms with van der Waals surface area (Å²) < 4.78 is 0. The molecule has 1 aromatic heterocycles. The predicted molar refractivity (Wildman–Crippen MR) is 105 cm³/mol. The summed E-state index contributed by atoms with van der Waals surface area (Å²) in [6, 6.07) is 4.17. The van der Waals surface area contributed by atoms with E-state index in [2.05, 4.69) is 53.9 Å². The van der Waals surface area contributed by atoms with E-state index in [1.807, 2.05) is 0 Å². The molecule has 22 heavy (non-hydrogen) atoms. The number of rotatable bonds is 5. The van der Waals surface area contributed by atoms with Crippen LogP contribution in [0.5, 0.6) is 0 Å². The largest absolute Gasteiger partial charge is 0.356 e. The van der Waals surface area contributed by atoms with Gasteiger partial charge in [-0.15, -0.1) is 35.3 Å². The Morgan fingerprint density at radius 3 is 2.55 bits per heavy atom. The van der Waals surface area contributed by atoms with Crippen LogP contribution in [0, 0.1) is 0 Å². The van der Waals surface area contributed by atoms with Gasteiger partial charge >= 0.3 is 0 Å². The van der Waals surface area contributed by atoms with Gasteiger partial charge in [-0.05, 0) is 38.6 Å². The van der Waals surface area contributed by atoms with Crippen LogP contribution in [0.1, 0.15) is 25.6 Å². The summed E-state index contributed by atoms with van der Waals surface area (Å²) in [5, 5.41) is 8.66. The molecule has 2 N–H and O–H groups in total. The fourth-order valence-corrected chi connectivity index (χ4v) is 2.25. The number of likely N-dealkylation sites (N-methyl/N-ethyl adjacent to an activating group) is 1. The normalized spacial score (nSPS) is 11.6. The Hall–Kier alpha value is -0.830. The van der Waals surface area contributed by atoms with E-state index in [4.69, 9.17) is 0 Å². The zero-order valence-corrected chi connectivity index (χ0v) is 17.1. The molecule has 126 valence electrons. The molecule has 7 heteroatoms. The van der Waals surface area contributed by atoms with Crippen molar-refractivity contribution in [1.82, 2.24) is 15.5 Å². The summed E-state index contributed by atoms with van der Waals surface area (Å²) in [7, 11) is 3.47. The van der Waals surface area contributed by atoms with Crippen LogP contribution in [0.4, 0.5) is 0 Å². The van der Waals surface area contributed by atoms with Crippen LogP contribution >= 0.6 is 35.3 Å². The molecule has 0 aliphatic carbocycles. The van der Waals surface area contributed by atoms with Gasteiger partial charge in [0.2, 0.25) is 5.91 Å². The van der Waals surface area contributed by atoms with Crippen LogP contribution < -0.4 is 10.6 Å². The van der Waals surface area contributed by atoms with Crippen LogP contribution in [0.15, 0.2) is 22.5 Å². The molecule has 0 aliphatic rings. The minimum Gasteiger partial charge on any atom is -0.356 e. The summed E-state index contributed by atoms with van der Waals surface area (Å²) in [6.45, 7) is 7.14. The van der Waals surface area contributed by atoms with Crippen molar-refractivity contribution >= 4 is 47.2 Å². The maximum Gasteiger partial charge on any atom is 0.243 e. The molecule has 0 saturated carbocycles. The van der Waals surface area contributed by atoms with E-state index < -0.39 is 0 Å². The van der Waals surface area contributed by atoms with E-state index in [9.17, 15) is 4.79 Å². The van der Waals surface area contributed by atoms with Crippen molar-refractivity contribution in [3.8, 4) is 0 Å². The molecule has 1 aromatic rings. The lowest BCUT2D eigenvalue weighted by Gasteiger charge is -2.24. The van der Waals surface area contributed by atoms with Crippen molar-refractivity contribution in [3.05, 3.63) is 22.4 Å². The molecule has 1 rings (SSSR count). The lowest BCUT2D eigenvalue weighted by molar-refractivity contribution is -0.127.